The van der Waals surface area contributed by atoms with Crippen LogP contribution in [0.25, 0.3) is 16.4 Å². The molecule has 7 heteroatoms. The molecule has 0 saturated heterocycles. The summed E-state index contributed by atoms with van der Waals surface area (Å²) in [5, 5.41) is 0.538. The molecule has 0 aliphatic carbocycles. The monoisotopic (exact) mass is 397 g/mol. The number of benzene rings is 2. The van der Waals surface area contributed by atoms with Crippen molar-refractivity contribution in [3.63, 3.8) is 0 Å². The SMILES string of the molecule is COC(=O)c1c(C(=O)c2ccccc2)c2ccc3ccccc3n2c1C(F)(F)F. The molecule has 29 heavy (non-hydrogen) atoms. The molecule has 0 spiro atoms. The zero-order valence-electron chi connectivity index (χ0n) is 15.2. The van der Waals surface area contributed by atoms with Crippen molar-refractivity contribution in [2.75, 3.05) is 7.11 Å². The number of carbonyl (C=O) groups is 2. The Bertz CT molecular complexity index is 1260. The summed E-state index contributed by atoms with van der Waals surface area (Å²) < 4.78 is 48.0. The summed E-state index contributed by atoms with van der Waals surface area (Å²) in [6.45, 7) is 0. The molecule has 4 rings (SSSR count). The van der Waals surface area contributed by atoms with E-state index in [-0.39, 0.29) is 22.2 Å². The number of alkyl halides is 3. The van der Waals surface area contributed by atoms with Gasteiger partial charge in [-0.25, -0.2) is 4.79 Å². The summed E-state index contributed by atoms with van der Waals surface area (Å²) in [7, 11) is 0.986. The number of rotatable bonds is 3. The lowest BCUT2D eigenvalue weighted by atomic mass is 9.99. The minimum atomic E-state index is -4.90. The van der Waals surface area contributed by atoms with Gasteiger partial charge in [-0.1, -0.05) is 54.6 Å². The second kappa shape index (κ2) is 6.77. The van der Waals surface area contributed by atoms with E-state index in [9.17, 15) is 22.8 Å². The van der Waals surface area contributed by atoms with Crippen LogP contribution < -0.4 is 0 Å². The maximum atomic E-state index is 14.1. The predicted molar refractivity (Wildman–Crippen MR) is 101 cm³/mol. The number of para-hydroxylation sites is 1. The summed E-state index contributed by atoms with van der Waals surface area (Å²) in [5.74, 6) is -1.90. The molecular formula is C22H14F3NO3. The maximum absolute atomic E-state index is 14.1. The van der Waals surface area contributed by atoms with Crippen LogP contribution in [0, 0.1) is 0 Å². The van der Waals surface area contributed by atoms with Gasteiger partial charge in [-0.15, -0.1) is 0 Å². The third kappa shape index (κ3) is 2.95. The molecule has 0 fully saturated rings. The molecule has 4 aromatic rings. The number of methoxy groups -OCH3 is 1. The van der Waals surface area contributed by atoms with E-state index in [0.717, 1.165) is 11.5 Å². The van der Waals surface area contributed by atoms with Gasteiger partial charge in [-0.2, -0.15) is 13.2 Å². The van der Waals surface area contributed by atoms with E-state index in [1.54, 1.807) is 42.5 Å². The molecule has 0 saturated carbocycles. The van der Waals surface area contributed by atoms with Crippen molar-refractivity contribution in [1.82, 2.24) is 4.40 Å². The van der Waals surface area contributed by atoms with Gasteiger partial charge in [0.25, 0.3) is 0 Å². The average Bonchev–Trinajstić information content (AvgIpc) is 3.09. The van der Waals surface area contributed by atoms with Gasteiger partial charge in [-0.05, 0) is 17.5 Å². The van der Waals surface area contributed by atoms with Crippen molar-refractivity contribution in [2.24, 2.45) is 0 Å². The number of fused-ring (bicyclic) bond motifs is 3. The number of carbonyl (C=O) groups excluding carboxylic acids is 2. The molecule has 0 N–H and O–H groups in total. The van der Waals surface area contributed by atoms with Crippen molar-refractivity contribution in [3.8, 4) is 0 Å². The molecule has 2 aromatic carbocycles. The molecule has 0 unspecified atom stereocenters. The number of hydrogen-bond acceptors (Lipinski definition) is 3. The van der Waals surface area contributed by atoms with Gasteiger partial charge >= 0.3 is 12.1 Å². The summed E-state index contributed by atoms with van der Waals surface area (Å²) in [5.41, 5.74) is -1.95. The molecule has 0 bridgehead atoms. The Morgan fingerprint density at radius 3 is 2.14 bits per heavy atom. The van der Waals surface area contributed by atoms with E-state index >= 15 is 0 Å². The summed E-state index contributed by atoms with van der Waals surface area (Å²) >= 11 is 0. The number of ketones is 1. The first-order valence-corrected chi connectivity index (χ1v) is 8.66. The van der Waals surface area contributed by atoms with E-state index < -0.39 is 29.2 Å². The topological polar surface area (TPSA) is 47.8 Å². The van der Waals surface area contributed by atoms with Gasteiger partial charge in [-0.3, -0.25) is 4.79 Å². The molecular weight excluding hydrogens is 383 g/mol. The summed E-state index contributed by atoms with van der Waals surface area (Å²) in [6, 6.07) is 17.4. The maximum Gasteiger partial charge on any atom is 0.432 e. The average molecular weight is 397 g/mol. The zero-order chi connectivity index (χ0) is 20.8. The van der Waals surface area contributed by atoms with Crippen LogP contribution in [-0.2, 0) is 10.9 Å². The molecule has 2 heterocycles. The Kier molecular flexibility index (Phi) is 4.38. The normalized spacial score (nSPS) is 11.7. The highest BCUT2D eigenvalue weighted by Gasteiger charge is 2.43. The van der Waals surface area contributed by atoms with Crippen LogP contribution in [0.3, 0.4) is 0 Å². The van der Waals surface area contributed by atoms with Crippen LogP contribution in [0.5, 0.6) is 0 Å². The molecule has 0 radical (unpaired) electrons. The van der Waals surface area contributed by atoms with Crippen molar-refractivity contribution in [3.05, 3.63) is 89.1 Å². The highest BCUT2D eigenvalue weighted by atomic mass is 19.4. The Morgan fingerprint density at radius 2 is 1.48 bits per heavy atom. The van der Waals surface area contributed by atoms with E-state index in [1.807, 2.05) is 0 Å². The fraction of sp³-hybridized carbons (Fsp3) is 0.0909. The molecule has 0 atom stereocenters. The zero-order valence-corrected chi connectivity index (χ0v) is 15.2. The lowest BCUT2D eigenvalue weighted by Crippen LogP contribution is -2.17. The van der Waals surface area contributed by atoms with Crippen molar-refractivity contribution in [1.29, 1.82) is 0 Å². The number of halogens is 3. The fourth-order valence-corrected chi connectivity index (χ4v) is 3.53. The van der Waals surface area contributed by atoms with Gasteiger partial charge < -0.3 is 9.14 Å². The van der Waals surface area contributed by atoms with E-state index in [2.05, 4.69) is 4.74 Å². The second-order valence-electron chi connectivity index (χ2n) is 6.40. The van der Waals surface area contributed by atoms with E-state index in [4.69, 9.17) is 0 Å². The molecule has 0 aliphatic heterocycles. The Hall–Kier alpha value is -3.61. The van der Waals surface area contributed by atoms with Crippen LogP contribution in [0.4, 0.5) is 13.2 Å². The number of ether oxygens (including phenoxy) is 1. The van der Waals surface area contributed by atoms with Crippen molar-refractivity contribution < 1.29 is 27.5 Å². The quantitative estimate of drug-likeness (QED) is 0.356. The minimum absolute atomic E-state index is 0.00900. The molecule has 146 valence electrons. The smallest absolute Gasteiger partial charge is 0.432 e. The van der Waals surface area contributed by atoms with Gasteiger partial charge in [0.1, 0.15) is 11.3 Å². The molecule has 0 aliphatic rings. The highest BCUT2D eigenvalue weighted by molar-refractivity contribution is 6.20. The number of nitrogens with zero attached hydrogens (tertiary/aromatic N) is 1. The number of esters is 1. The fourth-order valence-electron chi connectivity index (χ4n) is 3.53. The molecule has 2 aromatic heterocycles. The standard InChI is InChI=1S/C22H14F3NO3/c1-29-21(28)18-17(19(27)14-8-3-2-4-9-14)16-12-11-13-7-5-6-10-15(13)26(16)20(18)22(23,24)25/h2-12H,1H3. The van der Waals surface area contributed by atoms with Gasteiger partial charge in [0, 0.05) is 5.56 Å². The van der Waals surface area contributed by atoms with Crippen LogP contribution in [0.15, 0.2) is 66.7 Å². The van der Waals surface area contributed by atoms with Crippen LogP contribution in [0.1, 0.15) is 32.0 Å². The second-order valence-corrected chi connectivity index (χ2v) is 6.40. The molecule has 4 nitrogen and oxygen atoms in total. The Labute approximate surface area is 163 Å². The third-order valence-electron chi connectivity index (χ3n) is 4.73. The van der Waals surface area contributed by atoms with E-state index in [1.165, 1.54) is 24.3 Å². The number of hydrogen-bond donors (Lipinski definition) is 0. The first-order chi connectivity index (χ1) is 13.8. The van der Waals surface area contributed by atoms with Gasteiger partial charge in [0.05, 0.1) is 23.7 Å². The van der Waals surface area contributed by atoms with E-state index in [0.29, 0.717) is 5.39 Å². The molecule has 0 amide bonds. The first-order valence-electron chi connectivity index (χ1n) is 8.66. The predicted octanol–water partition coefficient (Wildman–Crippen LogP) is 5.13. The third-order valence-corrected chi connectivity index (χ3v) is 4.73. The first kappa shape index (κ1) is 18.7. The van der Waals surface area contributed by atoms with Gasteiger partial charge in [0.15, 0.2) is 5.78 Å². The number of pyridine rings is 1. The van der Waals surface area contributed by atoms with Gasteiger partial charge in [0.2, 0.25) is 0 Å². The Morgan fingerprint density at radius 1 is 0.828 bits per heavy atom. The van der Waals surface area contributed by atoms with Crippen molar-refractivity contribution in [2.45, 2.75) is 6.18 Å². The Balaban J connectivity index is 2.22. The number of aromatic nitrogens is 1. The summed E-state index contributed by atoms with van der Waals surface area (Å²) in [6.07, 6.45) is -4.90. The lowest BCUT2D eigenvalue weighted by molar-refractivity contribution is -0.142. The lowest BCUT2D eigenvalue weighted by Gasteiger charge is -2.11. The van der Waals surface area contributed by atoms with Crippen LogP contribution >= 0.6 is 0 Å². The summed E-state index contributed by atoms with van der Waals surface area (Å²) in [4.78, 5) is 25.6. The van der Waals surface area contributed by atoms with Crippen LogP contribution in [-0.4, -0.2) is 23.3 Å². The largest absolute Gasteiger partial charge is 0.465 e. The van der Waals surface area contributed by atoms with Crippen LogP contribution in [0.2, 0.25) is 0 Å². The van der Waals surface area contributed by atoms with Crippen molar-refractivity contribution >= 4 is 28.2 Å². The minimum Gasteiger partial charge on any atom is -0.465 e. The highest BCUT2D eigenvalue weighted by Crippen LogP contribution is 2.40.